The molecule has 1 amide bonds. The lowest BCUT2D eigenvalue weighted by Crippen LogP contribution is -2.43. The Balaban J connectivity index is 1.91. The van der Waals surface area contributed by atoms with E-state index >= 15 is 0 Å². The van der Waals surface area contributed by atoms with Crippen molar-refractivity contribution >= 4 is 44.9 Å². The highest BCUT2D eigenvalue weighted by atomic mass is 79.9. The van der Waals surface area contributed by atoms with Crippen LogP contribution in [0.5, 0.6) is 0 Å². The number of anilines is 1. The van der Waals surface area contributed by atoms with Crippen molar-refractivity contribution in [2.45, 2.75) is 39.0 Å². The van der Waals surface area contributed by atoms with E-state index in [1.54, 1.807) is 11.0 Å². The lowest BCUT2D eigenvalue weighted by atomic mass is 9.69. The molecule has 1 atom stereocenters. The van der Waals surface area contributed by atoms with Gasteiger partial charge in [0.2, 0.25) is 5.91 Å². The zero-order valence-electron chi connectivity index (χ0n) is 15.8. The smallest absolute Gasteiger partial charge is 0.232 e. The average molecular weight is 459 g/mol. The highest BCUT2D eigenvalue weighted by Crippen LogP contribution is 2.49. The Morgan fingerprint density at radius 3 is 2.39 bits per heavy atom. The third kappa shape index (κ3) is 3.44. The molecule has 0 saturated heterocycles. The van der Waals surface area contributed by atoms with Gasteiger partial charge in [0.25, 0.3) is 0 Å². The Bertz CT molecular complexity index is 994. The minimum Gasteiger partial charge on any atom is -0.294 e. The number of halogens is 2. The zero-order chi connectivity index (χ0) is 20.1. The molecule has 0 fully saturated rings. The summed E-state index contributed by atoms with van der Waals surface area (Å²) in [6.07, 6.45) is 1.42. The fourth-order valence-corrected chi connectivity index (χ4v) is 4.79. The van der Waals surface area contributed by atoms with Crippen molar-refractivity contribution in [3.05, 3.63) is 74.9 Å². The normalized spacial score (nSPS) is 21.7. The van der Waals surface area contributed by atoms with E-state index in [-0.39, 0.29) is 29.4 Å². The van der Waals surface area contributed by atoms with Crippen LogP contribution in [0.1, 0.15) is 44.6 Å². The predicted octanol–water partition coefficient (Wildman–Crippen LogP) is 6.27. The largest absolute Gasteiger partial charge is 0.294 e. The van der Waals surface area contributed by atoms with Crippen molar-refractivity contribution in [3.63, 3.8) is 0 Å². The van der Waals surface area contributed by atoms with E-state index in [0.29, 0.717) is 23.6 Å². The summed E-state index contributed by atoms with van der Waals surface area (Å²) in [5, 5.41) is 0.514. The molecule has 0 N–H and O–H groups in total. The maximum absolute atomic E-state index is 13.3. The zero-order valence-corrected chi connectivity index (χ0v) is 18.2. The Morgan fingerprint density at radius 2 is 1.71 bits per heavy atom. The number of amides is 1. The lowest BCUT2D eigenvalue weighted by Gasteiger charge is -2.43. The molecule has 0 aromatic heterocycles. The third-order valence-electron chi connectivity index (χ3n) is 5.51. The van der Waals surface area contributed by atoms with Gasteiger partial charge in [-0.3, -0.25) is 14.5 Å². The molecule has 0 saturated carbocycles. The minimum absolute atomic E-state index is 0.0229. The molecule has 28 heavy (non-hydrogen) atoms. The van der Waals surface area contributed by atoms with Crippen LogP contribution in [0.3, 0.4) is 0 Å². The maximum Gasteiger partial charge on any atom is 0.232 e. The van der Waals surface area contributed by atoms with Crippen LogP contribution < -0.4 is 4.90 Å². The fourth-order valence-electron chi connectivity index (χ4n) is 4.31. The van der Waals surface area contributed by atoms with Gasteiger partial charge in [-0.1, -0.05) is 65.6 Å². The van der Waals surface area contributed by atoms with Gasteiger partial charge >= 0.3 is 0 Å². The van der Waals surface area contributed by atoms with E-state index in [0.717, 1.165) is 21.3 Å². The van der Waals surface area contributed by atoms with E-state index in [1.165, 1.54) is 0 Å². The first-order valence-corrected chi connectivity index (χ1v) is 10.5. The summed E-state index contributed by atoms with van der Waals surface area (Å²) in [4.78, 5) is 28.2. The van der Waals surface area contributed by atoms with E-state index in [9.17, 15) is 9.59 Å². The van der Waals surface area contributed by atoms with Crippen molar-refractivity contribution < 1.29 is 9.59 Å². The van der Waals surface area contributed by atoms with Gasteiger partial charge in [-0.25, -0.2) is 0 Å². The second-order valence-corrected chi connectivity index (χ2v) is 9.61. The molecule has 144 valence electrons. The number of ketones is 1. The monoisotopic (exact) mass is 457 g/mol. The van der Waals surface area contributed by atoms with Gasteiger partial charge in [0, 0.05) is 34.5 Å². The minimum atomic E-state index is -0.210. The van der Waals surface area contributed by atoms with Crippen LogP contribution in [0.4, 0.5) is 5.69 Å². The first-order valence-electron chi connectivity index (χ1n) is 9.36. The second kappa shape index (κ2) is 7.16. The molecule has 3 nitrogen and oxygen atoms in total. The number of benzene rings is 2. The highest BCUT2D eigenvalue weighted by molar-refractivity contribution is 9.10. The van der Waals surface area contributed by atoms with Crippen molar-refractivity contribution in [3.8, 4) is 0 Å². The summed E-state index contributed by atoms with van der Waals surface area (Å²) in [6.45, 7) is 4.15. The summed E-state index contributed by atoms with van der Waals surface area (Å²) in [5.74, 6) is -0.105. The van der Waals surface area contributed by atoms with E-state index < -0.39 is 0 Å². The Morgan fingerprint density at radius 1 is 1.04 bits per heavy atom. The van der Waals surface area contributed by atoms with E-state index in [1.807, 2.05) is 42.5 Å². The summed E-state index contributed by atoms with van der Waals surface area (Å²) in [5.41, 5.74) is 3.02. The van der Waals surface area contributed by atoms with Gasteiger partial charge in [0.15, 0.2) is 5.78 Å². The van der Waals surface area contributed by atoms with Crippen molar-refractivity contribution in [2.24, 2.45) is 5.41 Å². The fraction of sp³-hybridized carbons (Fsp3) is 0.304. The van der Waals surface area contributed by atoms with Crippen LogP contribution in [-0.4, -0.2) is 11.7 Å². The lowest BCUT2D eigenvalue weighted by molar-refractivity contribution is -0.121. The summed E-state index contributed by atoms with van der Waals surface area (Å²) in [6, 6.07) is 15.2. The standard InChI is InChI=1S/C23H21BrClNO2/c1-23(2)12-19-22(20(27)13-23)16(14-7-9-15(24)10-8-14)11-21(28)26(19)18-6-4-3-5-17(18)25/h3-10,16H,11-13H2,1-2H3. The molecular formula is C23H21BrClNO2. The van der Waals surface area contributed by atoms with Gasteiger partial charge in [0.05, 0.1) is 10.7 Å². The van der Waals surface area contributed by atoms with Crippen molar-refractivity contribution in [2.75, 3.05) is 4.90 Å². The van der Waals surface area contributed by atoms with Gasteiger partial charge in [-0.2, -0.15) is 0 Å². The number of allylic oxidation sites excluding steroid dienone is 2. The highest BCUT2D eigenvalue weighted by Gasteiger charge is 2.44. The van der Waals surface area contributed by atoms with Crippen LogP contribution in [0.15, 0.2) is 64.3 Å². The van der Waals surface area contributed by atoms with Crippen LogP contribution in [-0.2, 0) is 9.59 Å². The number of Topliss-reactive ketones (excluding diaryl/α,β-unsaturated/α-hetero) is 1. The first-order chi connectivity index (χ1) is 13.3. The molecule has 2 aliphatic rings. The third-order valence-corrected chi connectivity index (χ3v) is 6.36. The van der Waals surface area contributed by atoms with Crippen molar-refractivity contribution in [1.82, 2.24) is 0 Å². The molecule has 4 rings (SSSR count). The quantitative estimate of drug-likeness (QED) is 0.532. The second-order valence-electron chi connectivity index (χ2n) is 8.29. The average Bonchev–Trinajstić information content (AvgIpc) is 2.62. The Labute approximate surface area is 178 Å². The molecule has 1 aliphatic heterocycles. The number of nitrogens with zero attached hydrogens (tertiary/aromatic N) is 1. The molecule has 0 bridgehead atoms. The molecule has 2 aromatic rings. The molecule has 5 heteroatoms. The van der Waals surface area contributed by atoms with Crippen LogP contribution in [0.25, 0.3) is 0 Å². The molecule has 1 aliphatic carbocycles. The maximum atomic E-state index is 13.3. The first kappa shape index (κ1) is 19.4. The number of hydrogen-bond donors (Lipinski definition) is 0. The van der Waals surface area contributed by atoms with Crippen LogP contribution in [0, 0.1) is 5.41 Å². The van der Waals surface area contributed by atoms with E-state index in [2.05, 4.69) is 29.8 Å². The summed E-state index contributed by atoms with van der Waals surface area (Å²) >= 11 is 9.88. The predicted molar refractivity (Wildman–Crippen MR) is 115 cm³/mol. The molecule has 1 unspecified atom stereocenters. The van der Waals surface area contributed by atoms with Crippen LogP contribution in [0.2, 0.25) is 5.02 Å². The molecule has 1 heterocycles. The van der Waals surface area contributed by atoms with Gasteiger partial charge in [-0.15, -0.1) is 0 Å². The Kier molecular flexibility index (Phi) is 4.96. The number of para-hydroxylation sites is 1. The molecule has 0 radical (unpaired) electrons. The molecule has 2 aromatic carbocycles. The van der Waals surface area contributed by atoms with E-state index in [4.69, 9.17) is 11.6 Å². The Hall–Kier alpha value is -1.91. The topological polar surface area (TPSA) is 37.4 Å². The molecular weight excluding hydrogens is 438 g/mol. The number of hydrogen-bond acceptors (Lipinski definition) is 2. The number of carbonyl (C=O) groups excluding carboxylic acids is 2. The van der Waals surface area contributed by atoms with Gasteiger partial charge < -0.3 is 0 Å². The summed E-state index contributed by atoms with van der Waals surface area (Å²) < 4.78 is 0.974. The van der Waals surface area contributed by atoms with Crippen LogP contribution >= 0.6 is 27.5 Å². The number of rotatable bonds is 2. The van der Waals surface area contributed by atoms with Gasteiger partial charge in [0.1, 0.15) is 0 Å². The molecule has 0 spiro atoms. The SMILES string of the molecule is CC1(C)CC(=O)C2=C(C1)N(c1ccccc1Cl)C(=O)CC2c1ccc(Br)cc1. The number of carbonyl (C=O) groups is 2. The van der Waals surface area contributed by atoms with Gasteiger partial charge in [-0.05, 0) is 41.7 Å². The van der Waals surface area contributed by atoms with Crippen molar-refractivity contribution in [1.29, 1.82) is 0 Å². The summed E-state index contributed by atoms with van der Waals surface area (Å²) in [7, 11) is 0.